The molecule has 1 aromatic heterocycles. The Morgan fingerprint density at radius 2 is 0.877 bits per heavy atom. The van der Waals surface area contributed by atoms with Gasteiger partial charge in [0.1, 0.15) is 0 Å². The maximum absolute atomic E-state index is 5.44. The van der Waals surface area contributed by atoms with Gasteiger partial charge < -0.3 is 0 Å². The number of fused-ring (bicyclic) bond motifs is 7. The number of benzene rings is 9. The van der Waals surface area contributed by atoms with Gasteiger partial charge in [0.2, 0.25) is 0 Å². The van der Waals surface area contributed by atoms with Crippen molar-refractivity contribution in [2.24, 2.45) is 0 Å². The molecule has 1 aliphatic carbocycles. The molecule has 3 nitrogen and oxygen atoms in total. The Morgan fingerprint density at radius 1 is 0.316 bits per heavy atom. The molecule has 0 unspecified atom stereocenters. The van der Waals surface area contributed by atoms with Crippen molar-refractivity contribution in [2.75, 3.05) is 0 Å². The summed E-state index contributed by atoms with van der Waals surface area (Å²) in [6.45, 7) is 4.63. The molecular weight excluding hydrogens is 691 g/mol. The van der Waals surface area contributed by atoms with Gasteiger partial charge in [-0.15, -0.1) is 0 Å². The van der Waals surface area contributed by atoms with Crippen LogP contribution in [0, 0.1) is 0 Å². The van der Waals surface area contributed by atoms with E-state index in [2.05, 4.69) is 196 Å². The van der Waals surface area contributed by atoms with Crippen LogP contribution in [0.1, 0.15) is 25.0 Å². The lowest BCUT2D eigenvalue weighted by molar-refractivity contribution is 0.660. The molecule has 0 bridgehead atoms. The van der Waals surface area contributed by atoms with E-state index >= 15 is 0 Å². The van der Waals surface area contributed by atoms with Crippen LogP contribution in [0.25, 0.3) is 99.9 Å². The van der Waals surface area contributed by atoms with E-state index in [9.17, 15) is 0 Å². The minimum Gasteiger partial charge on any atom is -0.208 e. The summed E-state index contributed by atoms with van der Waals surface area (Å²) in [5.74, 6) is 1.94. The number of hydrogen-bond acceptors (Lipinski definition) is 3. The standard InChI is InChI=1S/C54H37N3/c1-54(2)47-25-13-12-23-44(47)50-45(24-14-26-48(50)54)53-56-51(37-29-27-35(28-30-37)34-15-4-3-5-16-34)55-52(57-53)43-22-11-10-21-41(43)49-40-20-9-7-18-38(40)33-46-39-19-8-6-17-36(39)31-32-42(46)49/h3-33H,1-2H3. The third-order valence-electron chi connectivity index (χ3n) is 11.9. The number of hydrogen-bond donors (Lipinski definition) is 0. The molecule has 10 aromatic rings. The summed E-state index contributed by atoms with van der Waals surface area (Å²) in [5.41, 5.74) is 12.4. The fourth-order valence-corrected chi connectivity index (χ4v) is 9.14. The zero-order valence-corrected chi connectivity index (χ0v) is 31.7. The zero-order chi connectivity index (χ0) is 38.1. The second kappa shape index (κ2) is 12.9. The summed E-state index contributed by atoms with van der Waals surface area (Å²) < 4.78 is 0. The molecule has 0 atom stereocenters. The molecule has 0 saturated heterocycles. The van der Waals surface area contributed by atoms with Gasteiger partial charge >= 0.3 is 0 Å². The maximum atomic E-state index is 5.44. The molecule has 0 spiro atoms. The molecule has 11 rings (SSSR count). The summed E-state index contributed by atoms with van der Waals surface area (Å²) in [7, 11) is 0. The summed E-state index contributed by atoms with van der Waals surface area (Å²) >= 11 is 0. The predicted molar refractivity (Wildman–Crippen MR) is 237 cm³/mol. The number of aromatic nitrogens is 3. The second-order valence-electron chi connectivity index (χ2n) is 15.5. The number of nitrogens with zero attached hydrogens (tertiary/aromatic N) is 3. The lowest BCUT2D eigenvalue weighted by atomic mass is 9.82. The van der Waals surface area contributed by atoms with Gasteiger partial charge in [-0.05, 0) is 82.9 Å². The molecule has 0 N–H and O–H groups in total. The Kier molecular flexibility index (Phi) is 7.52. The van der Waals surface area contributed by atoms with Crippen molar-refractivity contribution in [3.05, 3.63) is 199 Å². The molecule has 0 aliphatic heterocycles. The van der Waals surface area contributed by atoms with Gasteiger partial charge in [0, 0.05) is 22.1 Å². The van der Waals surface area contributed by atoms with E-state index in [0.29, 0.717) is 17.5 Å². The Morgan fingerprint density at radius 3 is 1.68 bits per heavy atom. The van der Waals surface area contributed by atoms with Crippen LogP contribution in [0.15, 0.2) is 188 Å². The predicted octanol–water partition coefficient (Wildman–Crippen LogP) is 14.0. The van der Waals surface area contributed by atoms with E-state index in [1.54, 1.807) is 0 Å². The van der Waals surface area contributed by atoms with Gasteiger partial charge in [0.15, 0.2) is 17.5 Å². The maximum Gasteiger partial charge on any atom is 0.164 e. The zero-order valence-electron chi connectivity index (χ0n) is 31.7. The highest BCUT2D eigenvalue weighted by molar-refractivity contribution is 6.21. The van der Waals surface area contributed by atoms with E-state index in [0.717, 1.165) is 27.8 Å². The van der Waals surface area contributed by atoms with E-state index < -0.39 is 0 Å². The normalized spacial score (nSPS) is 12.9. The quantitative estimate of drug-likeness (QED) is 0.131. The summed E-state index contributed by atoms with van der Waals surface area (Å²) in [5, 5.41) is 7.29. The fraction of sp³-hybridized carbons (Fsp3) is 0.0556. The molecule has 1 heterocycles. The molecular formula is C54H37N3. The van der Waals surface area contributed by atoms with Crippen LogP contribution < -0.4 is 0 Å². The summed E-state index contributed by atoms with van der Waals surface area (Å²) in [4.78, 5) is 16.1. The van der Waals surface area contributed by atoms with Crippen LogP contribution in [-0.2, 0) is 5.41 Å². The van der Waals surface area contributed by atoms with Crippen molar-refractivity contribution in [2.45, 2.75) is 19.3 Å². The van der Waals surface area contributed by atoms with Crippen LogP contribution in [0.4, 0.5) is 0 Å². The van der Waals surface area contributed by atoms with Crippen LogP contribution in [-0.4, -0.2) is 15.0 Å². The van der Waals surface area contributed by atoms with Crippen molar-refractivity contribution >= 4 is 32.3 Å². The summed E-state index contributed by atoms with van der Waals surface area (Å²) in [6.07, 6.45) is 0. The number of rotatable bonds is 5. The van der Waals surface area contributed by atoms with Gasteiger partial charge in [-0.1, -0.05) is 196 Å². The van der Waals surface area contributed by atoms with E-state index in [-0.39, 0.29) is 5.41 Å². The molecule has 0 radical (unpaired) electrons. The average molecular weight is 728 g/mol. The first-order valence-electron chi connectivity index (χ1n) is 19.6. The Balaban J connectivity index is 1.18. The van der Waals surface area contributed by atoms with Crippen molar-refractivity contribution in [3.8, 4) is 67.5 Å². The largest absolute Gasteiger partial charge is 0.208 e. The third-order valence-corrected chi connectivity index (χ3v) is 11.9. The lowest BCUT2D eigenvalue weighted by Crippen LogP contribution is -2.14. The third kappa shape index (κ3) is 5.31. The van der Waals surface area contributed by atoms with E-state index in [4.69, 9.17) is 15.0 Å². The first-order chi connectivity index (χ1) is 28.0. The van der Waals surface area contributed by atoms with Gasteiger partial charge in [-0.3, -0.25) is 0 Å². The Hall–Kier alpha value is -7.23. The van der Waals surface area contributed by atoms with Crippen LogP contribution >= 0.6 is 0 Å². The molecule has 0 fully saturated rings. The minimum atomic E-state index is -0.153. The van der Waals surface area contributed by atoms with Gasteiger partial charge in [-0.2, -0.15) is 0 Å². The second-order valence-corrected chi connectivity index (χ2v) is 15.5. The van der Waals surface area contributed by atoms with Crippen molar-refractivity contribution < 1.29 is 0 Å². The van der Waals surface area contributed by atoms with Gasteiger partial charge in [0.05, 0.1) is 0 Å². The Bertz CT molecular complexity index is 3200. The van der Waals surface area contributed by atoms with E-state index in [1.807, 2.05) is 6.07 Å². The van der Waals surface area contributed by atoms with Crippen molar-refractivity contribution in [3.63, 3.8) is 0 Å². The minimum absolute atomic E-state index is 0.153. The molecule has 0 saturated carbocycles. The SMILES string of the molecule is CC1(C)c2ccccc2-c2c(-c3nc(-c4ccc(-c5ccccc5)cc4)nc(-c4ccccc4-c4c5ccccc5cc5c4ccc4ccccc45)n3)cccc21. The van der Waals surface area contributed by atoms with Gasteiger partial charge in [0.25, 0.3) is 0 Å². The van der Waals surface area contributed by atoms with E-state index in [1.165, 1.54) is 65.7 Å². The first-order valence-corrected chi connectivity index (χ1v) is 19.6. The molecule has 1 aliphatic rings. The lowest BCUT2D eigenvalue weighted by Gasteiger charge is -2.21. The average Bonchev–Trinajstić information content (AvgIpc) is 3.51. The smallest absolute Gasteiger partial charge is 0.164 e. The van der Waals surface area contributed by atoms with Crippen molar-refractivity contribution in [1.29, 1.82) is 0 Å². The fourth-order valence-electron chi connectivity index (χ4n) is 9.14. The summed E-state index contributed by atoms with van der Waals surface area (Å²) in [6, 6.07) is 67.3. The molecule has 9 aromatic carbocycles. The first kappa shape index (κ1) is 33.1. The van der Waals surface area contributed by atoms with Crippen LogP contribution in [0.5, 0.6) is 0 Å². The highest BCUT2D eigenvalue weighted by Gasteiger charge is 2.37. The van der Waals surface area contributed by atoms with Crippen LogP contribution in [0.3, 0.4) is 0 Å². The highest BCUT2D eigenvalue weighted by Crippen LogP contribution is 2.52. The topological polar surface area (TPSA) is 38.7 Å². The molecule has 0 amide bonds. The Labute approximate surface area is 332 Å². The van der Waals surface area contributed by atoms with Crippen LogP contribution in [0.2, 0.25) is 0 Å². The molecule has 3 heteroatoms. The highest BCUT2D eigenvalue weighted by atomic mass is 15.0. The van der Waals surface area contributed by atoms with Crippen molar-refractivity contribution in [1.82, 2.24) is 15.0 Å². The van der Waals surface area contributed by atoms with Gasteiger partial charge in [-0.25, -0.2) is 15.0 Å². The monoisotopic (exact) mass is 727 g/mol. The molecule has 57 heavy (non-hydrogen) atoms. The molecule has 268 valence electrons.